The van der Waals surface area contributed by atoms with Crippen LogP contribution >= 0.6 is 0 Å². The molecular formula is C18H16N2O6. The first-order valence-electron chi connectivity index (χ1n) is 7.63. The fourth-order valence-electron chi connectivity index (χ4n) is 2.10. The predicted molar refractivity (Wildman–Crippen MR) is 90.4 cm³/mol. The molecule has 26 heavy (non-hydrogen) atoms. The van der Waals surface area contributed by atoms with Gasteiger partial charge < -0.3 is 23.2 Å². The van der Waals surface area contributed by atoms with Crippen LogP contribution in [0.2, 0.25) is 0 Å². The molecule has 0 bridgehead atoms. The van der Waals surface area contributed by atoms with E-state index in [0.29, 0.717) is 29.0 Å². The highest BCUT2D eigenvalue weighted by Crippen LogP contribution is 2.29. The van der Waals surface area contributed by atoms with Gasteiger partial charge in [-0.1, -0.05) is 11.2 Å². The van der Waals surface area contributed by atoms with Crippen LogP contribution in [0.15, 0.2) is 51.6 Å². The van der Waals surface area contributed by atoms with Gasteiger partial charge in [-0.3, -0.25) is 0 Å². The van der Waals surface area contributed by atoms with Gasteiger partial charge >= 0.3 is 5.97 Å². The second-order valence-electron chi connectivity index (χ2n) is 5.04. The lowest BCUT2D eigenvalue weighted by atomic mass is 10.2. The van der Waals surface area contributed by atoms with Crippen molar-refractivity contribution in [1.29, 1.82) is 0 Å². The molecule has 134 valence electrons. The van der Waals surface area contributed by atoms with Gasteiger partial charge in [-0.15, -0.1) is 0 Å². The summed E-state index contributed by atoms with van der Waals surface area (Å²) in [5.74, 6) is 1.73. The van der Waals surface area contributed by atoms with E-state index in [2.05, 4.69) is 14.9 Å². The van der Waals surface area contributed by atoms with E-state index in [1.54, 1.807) is 36.4 Å². The van der Waals surface area contributed by atoms with Crippen LogP contribution in [0.4, 0.5) is 0 Å². The number of methoxy groups -OCH3 is 2. The molecular weight excluding hydrogens is 340 g/mol. The third kappa shape index (κ3) is 4.10. The first-order chi connectivity index (χ1) is 12.7. The number of ether oxygens (including phenoxy) is 3. The van der Waals surface area contributed by atoms with Gasteiger partial charge in [-0.25, -0.2) is 4.79 Å². The Balaban J connectivity index is 1.68. The fraction of sp³-hybridized carbons (Fsp3) is 0.167. The van der Waals surface area contributed by atoms with Crippen LogP contribution in [0.5, 0.6) is 11.5 Å². The Morgan fingerprint density at radius 1 is 1.23 bits per heavy atom. The molecule has 3 aromatic rings. The van der Waals surface area contributed by atoms with Crippen LogP contribution in [0, 0.1) is 0 Å². The quantitative estimate of drug-likeness (QED) is 0.470. The molecule has 2 heterocycles. The lowest BCUT2D eigenvalue weighted by Crippen LogP contribution is -1.98. The zero-order chi connectivity index (χ0) is 18.4. The van der Waals surface area contributed by atoms with E-state index >= 15 is 0 Å². The van der Waals surface area contributed by atoms with E-state index in [4.69, 9.17) is 18.4 Å². The molecule has 0 spiro atoms. The third-order valence-electron chi connectivity index (χ3n) is 3.36. The van der Waals surface area contributed by atoms with E-state index in [1.165, 1.54) is 26.6 Å². The molecule has 0 saturated heterocycles. The summed E-state index contributed by atoms with van der Waals surface area (Å²) in [5.41, 5.74) is 0.762. The van der Waals surface area contributed by atoms with E-state index in [9.17, 15) is 4.79 Å². The van der Waals surface area contributed by atoms with Crippen molar-refractivity contribution in [2.75, 3.05) is 14.2 Å². The van der Waals surface area contributed by atoms with Gasteiger partial charge in [0, 0.05) is 6.08 Å². The summed E-state index contributed by atoms with van der Waals surface area (Å²) in [6, 6.07) is 8.71. The van der Waals surface area contributed by atoms with Gasteiger partial charge in [0.05, 0.1) is 20.5 Å². The maximum atomic E-state index is 11.2. The number of benzene rings is 1. The summed E-state index contributed by atoms with van der Waals surface area (Å²) in [4.78, 5) is 15.4. The molecule has 0 saturated carbocycles. The van der Waals surface area contributed by atoms with E-state index in [0.717, 1.165) is 5.56 Å². The lowest BCUT2D eigenvalue weighted by Gasteiger charge is -2.09. The molecule has 0 N–H and O–H groups in total. The molecule has 8 nitrogen and oxygen atoms in total. The van der Waals surface area contributed by atoms with Crippen LogP contribution < -0.4 is 9.47 Å². The molecule has 0 aliphatic heterocycles. The second kappa shape index (κ2) is 8.02. The minimum absolute atomic E-state index is 0.0708. The van der Waals surface area contributed by atoms with Crippen LogP contribution in [-0.4, -0.2) is 30.3 Å². The summed E-state index contributed by atoms with van der Waals surface area (Å²) >= 11 is 0. The van der Waals surface area contributed by atoms with Crippen LogP contribution in [0.25, 0.3) is 17.7 Å². The number of nitrogens with zero attached hydrogens (tertiary/aromatic N) is 2. The van der Waals surface area contributed by atoms with Gasteiger partial charge in [-0.2, -0.15) is 4.98 Å². The number of esters is 1. The predicted octanol–water partition coefficient (Wildman–Crippen LogP) is 3.10. The highest BCUT2D eigenvalue weighted by atomic mass is 16.5. The Morgan fingerprint density at radius 3 is 2.85 bits per heavy atom. The molecule has 2 aromatic heterocycles. The Bertz CT molecular complexity index is 898. The highest BCUT2D eigenvalue weighted by molar-refractivity contribution is 5.87. The largest absolute Gasteiger partial charge is 0.493 e. The molecule has 0 aliphatic rings. The summed E-state index contributed by atoms with van der Waals surface area (Å²) in [6.07, 6.45) is 4.47. The molecule has 1 aromatic carbocycles. The summed E-state index contributed by atoms with van der Waals surface area (Å²) < 4.78 is 25.9. The van der Waals surface area contributed by atoms with Crippen molar-refractivity contribution in [2.45, 2.75) is 6.61 Å². The Labute approximate surface area is 149 Å². The number of hydrogen-bond donors (Lipinski definition) is 0. The normalized spacial score (nSPS) is 10.8. The van der Waals surface area contributed by atoms with Crippen molar-refractivity contribution in [3.63, 3.8) is 0 Å². The molecule has 0 aliphatic carbocycles. The van der Waals surface area contributed by atoms with Gasteiger partial charge in [0.15, 0.2) is 23.9 Å². The minimum atomic E-state index is -0.437. The Morgan fingerprint density at radius 2 is 2.12 bits per heavy atom. The van der Waals surface area contributed by atoms with Crippen LogP contribution in [-0.2, 0) is 16.1 Å². The molecule has 0 unspecified atom stereocenters. The molecule has 3 rings (SSSR count). The van der Waals surface area contributed by atoms with Crippen molar-refractivity contribution in [3.05, 3.63) is 54.1 Å². The molecule has 0 radical (unpaired) electrons. The van der Waals surface area contributed by atoms with Crippen molar-refractivity contribution < 1.29 is 27.9 Å². The first kappa shape index (κ1) is 17.3. The number of furan rings is 1. The van der Waals surface area contributed by atoms with Gasteiger partial charge in [0.1, 0.15) is 0 Å². The minimum Gasteiger partial charge on any atom is -0.493 e. The zero-order valence-corrected chi connectivity index (χ0v) is 14.2. The maximum Gasteiger partial charge on any atom is 0.330 e. The Hall–Kier alpha value is -3.55. The molecule has 8 heteroatoms. The summed E-state index contributed by atoms with van der Waals surface area (Å²) in [6.45, 7) is 0.0708. The van der Waals surface area contributed by atoms with Crippen LogP contribution in [0.3, 0.4) is 0 Å². The van der Waals surface area contributed by atoms with Crippen molar-refractivity contribution in [2.24, 2.45) is 0 Å². The van der Waals surface area contributed by atoms with Crippen molar-refractivity contribution in [1.82, 2.24) is 10.1 Å². The fourth-order valence-corrected chi connectivity index (χ4v) is 2.10. The maximum absolute atomic E-state index is 11.2. The molecule has 0 amide bonds. The van der Waals surface area contributed by atoms with E-state index in [1.807, 2.05) is 0 Å². The topological polar surface area (TPSA) is 96.8 Å². The van der Waals surface area contributed by atoms with Gasteiger partial charge in [-0.05, 0) is 35.9 Å². The Kier molecular flexibility index (Phi) is 5.33. The SMILES string of the molecule is COC(=O)/C=C\c1ccc(OCc2nc(-c3ccco3)no2)c(OC)c1. The van der Waals surface area contributed by atoms with E-state index in [-0.39, 0.29) is 6.61 Å². The zero-order valence-electron chi connectivity index (χ0n) is 14.2. The smallest absolute Gasteiger partial charge is 0.330 e. The second-order valence-corrected chi connectivity index (χ2v) is 5.04. The molecule has 0 fully saturated rings. The summed E-state index contributed by atoms with van der Waals surface area (Å²) in [5, 5.41) is 3.83. The number of rotatable bonds is 7. The number of carbonyl (C=O) groups is 1. The van der Waals surface area contributed by atoms with Crippen molar-refractivity contribution >= 4 is 12.0 Å². The lowest BCUT2D eigenvalue weighted by molar-refractivity contribution is -0.134. The highest BCUT2D eigenvalue weighted by Gasteiger charge is 2.12. The average Bonchev–Trinajstić information content (AvgIpc) is 3.36. The van der Waals surface area contributed by atoms with Gasteiger partial charge in [0.25, 0.3) is 5.89 Å². The average molecular weight is 356 g/mol. The first-order valence-corrected chi connectivity index (χ1v) is 7.63. The number of carbonyl (C=O) groups excluding carboxylic acids is 1. The van der Waals surface area contributed by atoms with Crippen LogP contribution in [0.1, 0.15) is 11.5 Å². The number of aromatic nitrogens is 2. The third-order valence-corrected chi connectivity index (χ3v) is 3.36. The summed E-state index contributed by atoms with van der Waals surface area (Å²) in [7, 11) is 2.84. The monoisotopic (exact) mass is 356 g/mol. The van der Waals surface area contributed by atoms with Crippen molar-refractivity contribution in [3.8, 4) is 23.1 Å². The molecule has 0 atom stereocenters. The standard InChI is InChI=1S/C18H16N2O6/c1-22-15-10-12(6-8-17(21)23-2)5-7-13(15)25-11-16-19-18(20-26-16)14-4-3-9-24-14/h3-10H,11H2,1-2H3/b8-6-. The van der Waals surface area contributed by atoms with E-state index < -0.39 is 5.97 Å². The number of hydrogen-bond acceptors (Lipinski definition) is 8. The van der Waals surface area contributed by atoms with Gasteiger partial charge in [0.2, 0.25) is 5.82 Å².